The SMILES string of the molecule is Cc1cc(S(=O)(=O)N2CCC(N(C)CC(=O)O)CC2)c(C)s1. The molecule has 124 valence electrons. The van der Waals surface area contributed by atoms with Crippen molar-refractivity contribution in [3.05, 3.63) is 15.8 Å². The number of carboxylic acid groups (broad SMARTS) is 1. The topological polar surface area (TPSA) is 77.9 Å². The van der Waals surface area contributed by atoms with E-state index in [4.69, 9.17) is 5.11 Å². The minimum absolute atomic E-state index is 0.0136. The first-order chi connectivity index (χ1) is 10.2. The summed E-state index contributed by atoms with van der Waals surface area (Å²) >= 11 is 1.49. The summed E-state index contributed by atoms with van der Waals surface area (Å²) in [6.45, 7) is 4.60. The summed E-state index contributed by atoms with van der Waals surface area (Å²) in [5.74, 6) is -0.859. The Balaban J connectivity index is 2.05. The second-order valence-electron chi connectivity index (χ2n) is 5.72. The number of piperidine rings is 1. The standard InChI is InChI=1S/C14H22N2O4S2/c1-10-8-13(11(2)21-10)22(19,20)16-6-4-12(5-7-16)15(3)9-14(17)18/h8,12H,4-7,9H2,1-3H3,(H,17,18). The molecule has 0 unspecified atom stereocenters. The van der Waals surface area contributed by atoms with Crippen LogP contribution in [0.5, 0.6) is 0 Å². The van der Waals surface area contributed by atoms with Crippen molar-refractivity contribution in [3.8, 4) is 0 Å². The summed E-state index contributed by atoms with van der Waals surface area (Å²) in [5, 5.41) is 8.83. The maximum Gasteiger partial charge on any atom is 0.317 e. The van der Waals surface area contributed by atoms with Gasteiger partial charge < -0.3 is 5.11 Å². The number of carbonyl (C=O) groups is 1. The lowest BCUT2D eigenvalue weighted by atomic mass is 10.1. The molecule has 1 aromatic heterocycles. The molecule has 8 heteroatoms. The second-order valence-corrected chi connectivity index (χ2v) is 9.09. The van der Waals surface area contributed by atoms with Crippen molar-refractivity contribution in [2.75, 3.05) is 26.7 Å². The largest absolute Gasteiger partial charge is 0.480 e. The van der Waals surface area contributed by atoms with Crippen LogP contribution in [0, 0.1) is 13.8 Å². The van der Waals surface area contributed by atoms with Crippen LogP contribution in [0.3, 0.4) is 0 Å². The summed E-state index contributed by atoms with van der Waals surface area (Å²) in [6, 6.07) is 1.85. The normalized spacial score (nSPS) is 18.0. The quantitative estimate of drug-likeness (QED) is 0.875. The van der Waals surface area contributed by atoms with Gasteiger partial charge in [0.25, 0.3) is 0 Å². The van der Waals surface area contributed by atoms with E-state index in [0.717, 1.165) is 9.75 Å². The Morgan fingerprint density at radius 3 is 2.45 bits per heavy atom. The van der Waals surface area contributed by atoms with Crippen LogP contribution in [0.15, 0.2) is 11.0 Å². The van der Waals surface area contributed by atoms with Gasteiger partial charge in [0.2, 0.25) is 10.0 Å². The van der Waals surface area contributed by atoms with E-state index in [1.807, 2.05) is 13.8 Å². The Morgan fingerprint density at radius 2 is 2.00 bits per heavy atom. The number of nitrogens with zero attached hydrogens (tertiary/aromatic N) is 2. The third kappa shape index (κ3) is 3.68. The van der Waals surface area contributed by atoms with Crippen molar-refractivity contribution in [2.45, 2.75) is 37.6 Å². The van der Waals surface area contributed by atoms with Crippen molar-refractivity contribution in [3.63, 3.8) is 0 Å². The van der Waals surface area contributed by atoms with Crippen LogP contribution in [0.4, 0.5) is 0 Å². The van der Waals surface area contributed by atoms with Gasteiger partial charge in [-0.2, -0.15) is 4.31 Å². The van der Waals surface area contributed by atoms with E-state index in [2.05, 4.69) is 0 Å². The molecule has 1 aliphatic rings. The maximum absolute atomic E-state index is 12.7. The van der Waals surface area contributed by atoms with Crippen LogP contribution in [0.1, 0.15) is 22.6 Å². The minimum atomic E-state index is -3.44. The number of thiophene rings is 1. The van der Waals surface area contributed by atoms with E-state index in [1.54, 1.807) is 18.0 Å². The number of likely N-dealkylation sites (N-methyl/N-ethyl adjacent to an activating group) is 1. The van der Waals surface area contributed by atoms with Crippen molar-refractivity contribution in [1.29, 1.82) is 0 Å². The molecule has 0 aliphatic carbocycles. The van der Waals surface area contributed by atoms with Crippen LogP contribution in [-0.4, -0.2) is 61.4 Å². The average molecular weight is 346 g/mol. The highest BCUT2D eigenvalue weighted by Gasteiger charge is 2.32. The third-order valence-electron chi connectivity index (χ3n) is 4.04. The van der Waals surface area contributed by atoms with Gasteiger partial charge in [0.05, 0.1) is 11.4 Å². The molecule has 2 heterocycles. The van der Waals surface area contributed by atoms with Gasteiger partial charge in [-0.3, -0.25) is 9.69 Å². The van der Waals surface area contributed by atoms with Crippen molar-refractivity contribution in [1.82, 2.24) is 9.21 Å². The minimum Gasteiger partial charge on any atom is -0.480 e. The number of sulfonamides is 1. The predicted molar refractivity (Wildman–Crippen MR) is 85.8 cm³/mol. The van der Waals surface area contributed by atoms with Gasteiger partial charge in [-0.25, -0.2) is 8.42 Å². The van der Waals surface area contributed by atoms with E-state index in [9.17, 15) is 13.2 Å². The molecule has 22 heavy (non-hydrogen) atoms. The first-order valence-corrected chi connectivity index (χ1v) is 9.46. The van der Waals surface area contributed by atoms with Crippen LogP contribution in [0.2, 0.25) is 0 Å². The molecule has 1 aromatic rings. The maximum atomic E-state index is 12.7. The fraction of sp³-hybridized carbons (Fsp3) is 0.643. The Morgan fingerprint density at radius 1 is 1.41 bits per heavy atom. The van der Waals surface area contributed by atoms with Gasteiger partial charge in [-0.15, -0.1) is 11.3 Å². The molecule has 0 bridgehead atoms. The molecule has 0 aromatic carbocycles. The zero-order chi connectivity index (χ0) is 16.5. The smallest absolute Gasteiger partial charge is 0.317 e. The predicted octanol–water partition coefficient (Wildman–Crippen LogP) is 1.53. The lowest BCUT2D eigenvalue weighted by Crippen LogP contribution is -2.46. The number of rotatable bonds is 5. The summed E-state index contributed by atoms with van der Waals surface area (Å²) < 4.78 is 26.9. The zero-order valence-electron chi connectivity index (χ0n) is 13.1. The van der Waals surface area contributed by atoms with Gasteiger partial charge in [0.1, 0.15) is 0 Å². The molecule has 0 amide bonds. The highest BCUT2D eigenvalue weighted by atomic mass is 32.2. The van der Waals surface area contributed by atoms with E-state index >= 15 is 0 Å². The Labute approximate surface area is 135 Å². The summed E-state index contributed by atoms with van der Waals surface area (Å²) in [4.78, 5) is 14.8. The monoisotopic (exact) mass is 346 g/mol. The van der Waals surface area contributed by atoms with E-state index in [0.29, 0.717) is 30.8 Å². The molecule has 0 atom stereocenters. The van der Waals surface area contributed by atoms with Crippen LogP contribution < -0.4 is 0 Å². The summed E-state index contributed by atoms with van der Waals surface area (Å²) in [6.07, 6.45) is 1.32. The van der Waals surface area contributed by atoms with E-state index < -0.39 is 16.0 Å². The second kappa shape index (κ2) is 6.66. The lowest BCUT2D eigenvalue weighted by molar-refractivity contribution is -0.138. The Kier molecular flexibility index (Phi) is 5.26. The molecule has 1 aliphatic heterocycles. The molecular weight excluding hydrogens is 324 g/mol. The Bertz CT molecular complexity index is 646. The number of aliphatic carboxylic acids is 1. The average Bonchev–Trinajstić information content (AvgIpc) is 2.78. The van der Waals surface area contributed by atoms with Crippen molar-refractivity contribution in [2.24, 2.45) is 0 Å². The fourth-order valence-corrected chi connectivity index (χ4v) is 5.86. The van der Waals surface area contributed by atoms with Crippen molar-refractivity contribution >= 4 is 27.3 Å². The van der Waals surface area contributed by atoms with E-state index in [1.165, 1.54) is 15.6 Å². The molecule has 6 nitrogen and oxygen atoms in total. The zero-order valence-corrected chi connectivity index (χ0v) is 14.7. The number of hydrogen-bond acceptors (Lipinski definition) is 5. The molecule has 1 fully saturated rings. The van der Waals surface area contributed by atoms with Crippen LogP contribution in [0.25, 0.3) is 0 Å². The van der Waals surface area contributed by atoms with E-state index in [-0.39, 0.29) is 12.6 Å². The molecular formula is C14H22N2O4S2. The third-order valence-corrected chi connectivity index (χ3v) is 7.16. The number of aryl methyl sites for hydroxylation is 2. The Hall–Kier alpha value is -0.960. The lowest BCUT2D eigenvalue weighted by Gasteiger charge is -2.35. The molecule has 0 spiro atoms. The summed E-state index contributed by atoms with van der Waals surface area (Å²) in [5.41, 5.74) is 0. The van der Waals surface area contributed by atoms with Gasteiger partial charge in [0.15, 0.2) is 0 Å². The number of hydrogen-bond donors (Lipinski definition) is 1. The van der Waals surface area contributed by atoms with Gasteiger partial charge in [-0.05, 0) is 39.8 Å². The first-order valence-electron chi connectivity index (χ1n) is 7.21. The van der Waals surface area contributed by atoms with Gasteiger partial charge in [0, 0.05) is 28.9 Å². The molecule has 0 saturated carbocycles. The van der Waals surface area contributed by atoms with Crippen LogP contribution >= 0.6 is 11.3 Å². The molecule has 1 saturated heterocycles. The fourth-order valence-electron chi connectivity index (χ4n) is 2.87. The highest BCUT2D eigenvalue weighted by Crippen LogP contribution is 2.29. The first kappa shape index (κ1) is 17.4. The van der Waals surface area contributed by atoms with Gasteiger partial charge in [-0.1, -0.05) is 0 Å². The molecule has 2 rings (SSSR count). The van der Waals surface area contributed by atoms with Crippen LogP contribution in [-0.2, 0) is 14.8 Å². The molecule has 0 radical (unpaired) electrons. The summed E-state index contributed by atoms with van der Waals surface area (Å²) in [7, 11) is -1.66. The molecule has 1 N–H and O–H groups in total. The highest BCUT2D eigenvalue weighted by molar-refractivity contribution is 7.89. The van der Waals surface area contributed by atoms with Crippen molar-refractivity contribution < 1.29 is 18.3 Å². The van der Waals surface area contributed by atoms with Gasteiger partial charge >= 0.3 is 5.97 Å². The number of carboxylic acids is 1.